The van der Waals surface area contributed by atoms with Crippen LogP contribution in [0.2, 0.25) is 0 Å². The fourth-order valence-electron chi connectivity index (χ4n) is 3.25. The number of anilines is 1. The third-order valence-corrected chi connectivity index (χ3v) is 6.67. The van der Waals surface area contributed by atoms with E-state index < -0.39 is 46.2 Å². The summed E-state index contributed by atoms with van der Waals surface area (Å²) in [6, 6.07) is 7.32. The molecule has 1 saturated heterocycles. The van der Waals surface area contributed by atoms with Gasteiger partial charge in [0.25, 0.3) is 5.91 Å². The van der Waals surface area contributed by atoms with Crippen molar-refractivity contribution in [3.05, 3.63) is 41.3 Å². The smallest absolute Gasteiger partial charge is 0.341 e. The number of imide groups is 1. The van der Waals surface area contributed by atoms with Gasteiger partial charge in [-0.1, -0.05) is 30.3 Å². The molecule has 4 amide bonds. The third-order valence-electron chi connectivity index (χ3n) is 4.79. The summed E-state index contributed by atoms with van der Waals surface area (Å²) in [6.45, 7) is 1.23. The maximum absolute atomic E-state index is 12.6. The Hall–Kier alpha value is -3.25. The van der Waals surface area contributed by atoms with Gasteiger partial charge in [0.15, 0.2) is 0 Å². The fourth-order valence-corrected chi connectivity index (χ4v) is 4.89. The summed E-state index contributed by atoms with van der Waals surface area (Å²) in [4.78, 5) is 50.6. The van der Waals surface area contributed by atoms with Crippen LogP contribution in [-0.4, -0.2) is 68.3 Å². The molecule has 0 saturated carbocycles. The minimum absolute atomic E-state index is 0.0834. The SMILES string of the molecule is CCOC(=O)c1c(-c2ccccc2)csc1NC(=O)CN1C(=O)N[C@@H](CCS(C)(=O)=O)C1=O. The molecular weight excluding hydrogens is 470 g/mol. The number of hydrogen-bond donors (Lipinski definition) is 2. The second-order valence-electron chi connectivity index (χ2n) is 7.33. The van der Waals surface area contributed by atoms with Crippen molar-refractivity contribution in [1.82, 2.24) is 10.2 Å². The standard InChI is InChI=1S/C21H23N3O7S2/c1-3-31-20(27)17-14(13-7-5-4-6-8-13)12-32-18(17)23-16(25)11-24-19(26)15(22-21(24)28)9-10-33(2,29)30/h4-8,12,15H,3,9-11H2,1-2H3,(H,22,28)(H,23,25)/t15-/m0/s1. The van der Waals surface area contributed by atoms with Gasteiger partial charge in [-0.15, -0.1) is 11.3 Å². The molecule has 33 heavy (non-hydrogen) atoms. The minimum Gasteiger partial charge on any atom is -0.462 e. The van der Waals surface area contributed by atoms with E-state index in [1.54, 1.807) is 12.3 Å². The van der Waals surface area contributed by atoms with E-state index in [-0.39, 0.29) is 29.3 Å². The van der Waals surface area contributed by atoms with Crippen LogP contribution in [-0.2, 0) is 24.2 Å². The number of nitrogens with one attached hydrogen (secondary N) is 2. The molecule has 10 nitrogen and oxygen atoms in total. The first-order valence-corrected chi connectivity index (χ1v) is 13.0. The number of benzene rings is 1. The zero-order valence-electron chi connectivity index (χ0n) is 18.0. The lowest BCUT2D eigenvalue weighted by Crippen LogP contribution is -2.38. The molecular formula is C21H23N3O7S2. The second-order valence-corrected chi connectivity index (χ2v) is 10.5. The van der Waals surface area contributed by atoms with E-state index in [1.165, 1.54) is 0 Å². The molecule has 1 fully saturated rings. The summed E-state index contributed by atoms with van der Waals surface area (Å²) in [5.74, 6) is -2.25. The number of carbonyl (C=O) groups is 4. The van der Waals surface area contributed by atoms with Crippen LogP contribution in [0.25, 0.3) is 11.1 Å². The van der Waals surface area contributed by atoms with Gasteiger partial charge >= 0.3 is 12.0 Å². The van der Waals surface area contributed by atoms with Crippen LogP contribution in [0.1, 0.15) is 23.7 Å². The molecule has 1 aliphatic rings. The Kier molecular flexibility index (Phi) is 7.49. The molecule has 0 bridgehead atoms. The van der Waals surface area contributed by atoms with Crippen molar-refractivity contribution in [3.63, 3.8) is 0 Å². The van der Waals surface area contributed by atoms with Crippen molar-refractivity contribution < 1.29 is 32.3 Å². The number of rotatable bonds is 9. The monoisotopic (exact) mass is 493 g/mol. The Balaban J connectivity index is 1.75. The molecule has 1 aromatic heterocycles. The average molecular weight is 494 g/mol. The molecule has 0 aliphatic carbocycles. The van der Waals surface area contributed by atoms with Crippen molar-refractivity contribution in [2.75, 3.05) is 30.5 Å². The van der Waals surface area contributed by atoms with E-state index in [1.807, 2.05) is 30.3 Å². The quantitative estimate of drug-likeness (QED) is 0.402. The van der Waals surface area contributed by atoms with Crippen LogP contribution in [0.4, 0.5) is 9.80 Å². The Bertz CT molecular complexity index is 1180. The molecule has 2 aromatic rings. The van der Waals surface area contributed by atoms with Gasteiger partial charge in [0.1, 0.15) is 33.0 Å². The number of amides is 4. The molecule has 0 spiro atoms. The van der Waals surface area contributed by atoms with E-state index >= 15 is 0 Å². The van der Waals surface area contributed by atoms with Crippen LogP contribution in [0, 0.1) is 0 Å². The maximum atomic E-state index is 12.6. The lowest BCUT2D eigenvalue weighted by molar-refractivity contribution is -0.130. The van der Waals surface area contributed by atoms with E-state index in [4.69, 9.17) is 4.74 Å². The van der Waals surface area contributed by atoms with Gasteiger partial charge in [0, 0.05) is 17.2 Å². The fraction of sp³-hybridized carbons (Fsp3) is 0.333. The molecule has 1 aromatic carbocycles. The number of carbonyl (C=O) groups excluding carboxylic acids is 4. The molecule has 0 unspecified atom stereocenters. The molecule has 1 aliphatic heterocycles. The lowest BCUT2D eigenvalue weighted by atomic mass is 10.0. The van der Waals surface area contributed by atoms with Crippen LogP contribution in [0.3, 0.4) is 0 Å². The van der Waals surface area contributed by atoms with Gasteiger partial charge in [-0.2, -0.15) is 0 Å². The van der Waals surface area contributed by atoms with Crippen LogP contribution in [0.15, 0.2) is 35.7 Å². The summed E-state index contributed by atoms with van der Waals surface area (Å²) < 4.78 is 27.8. The molecule has 1 atom stereocenters. The maximum Gasteiger partial charge on any atom is 0.341 e. The first-order valence-electron chi connectivity index (χ1n) is 10.0. The average Bonchev–Trinajstić information content (AvgIpc) is 3.28. The molecule has 2 N–H and O–H groups in total. The van der Waals surface area contributed by atoms with Crippen molar-refractivity contribution in [3.8, 4) is 11.1 Å². The van der Waals surface area contributed by atoms with Gasteiger partial charge in [0.05, 0.1) is 12.4 Å². The van der Waals surface area contributed by atoms with Crippen LogP contribution in [0.5, 0.6) is 0 Å². The summed E-state index contributed by atoms with van der Waals surface area (Å²) in [5, 5.41) is 6.93. The Morgan fingerprint density at radius 1 is 1.21 bits per heavy atom. The van der Waals surface area contributed by atoms with Crippen LogP contribution < -0.4 is 10.6 Å². The molecule has 2 heterocycles. The van der Waals surface area contributed by atoms with E-state index in [0.29, 0.717) is 5.56 Å². The summed E-state index contributed by atoms with van der Waals surface area (Å²) in [5.41, 5.74) is 1.54. The van der Waals surface area contributed by atoms with Crippen molar-refractivity contribution in [2.45, 2.75) is 19.4 Å². The summed E-state index contributed by atoms with van der Waals surface area (Å²) in [7, 11) is -3.32. The molecule has 0 radical (unpaired) electrons. The number of sulfone groups is 1. The topological polar surface area (TPSA) is 139 Å². The summed E-state index contributed by atoms with van der Waals surface area (Å²) in [6.07, 6.45) is 0.950. The zero-order chi connectivity index (χ0) is 24.2. The Morgan fingerprint density at radius 3 is 2.55 bits per heavy atom. The van der Waals surface area contributed by atoms with Gasteiger partial charge in [-0.25, -0.2) is 18.0 Å². The number of thiophene rings is 1. The molecule has 176 valence electrons. The highest BCUT2D eigenvalue weighted by Crippen LogP contribution is 2.36. The predicted octanol–water partition coefficient (Wildman–Crippen LogP) is 1.89. The number of urea groups is 1. The Labute approximate surface area is 194 Å². The lowest BCUT2D eigenvalue weighted by Gasteiger charge is -2.13. The third kappa shape index (κ3) is 5.96. The number of hydrogen-bond acceptors (Lipinski definition) is 8. The van der Waals surface area contributed by atoms with Gasteiger partial charge in [-0.3, -0.25) is 14.5 Å². The van der Waals surface area contributed by atoms with E-state index in [0.717, 1.165) is 28.1 Å². The van der Waals surface area contributed by atoms with Crippen LogP contribution >= 0.6 is 11.3 Å². The highest BCUT2D eigenvalue weighted by Gasteiger charge is 2.39. The second kappa shape index (κ2) is 10.1. The number of ether oxygens (including phenoxy) is 1. The van der Waals surface area contributed by atoms with Gasteiger partial charge in [0.2, 0.25) is 5.91 Å². The zero-order valence-corrected chi connectivity index (χ0v) is 19.6. The highest BCUT2D eigenvalue weighted by molar-refractivity contribution is 7.90. The highest BCUT2D eigenvalue weighted by atomic mass is 32.2. The largest absolute Gasteiger partial charge is 0.462 e. The van der Waals surface area contributed by atoms with E-state index in [9.17, 15) is 27.6 Å². The minimum atomic E-state index is -3.32. The van der Waals surface area contributed by atoms with Crippen molar-refractivity contribution in [1.29, 1.82) is 0 Å². The normalized spacial score (nSPS) is 15.9. The summed E-state index contributed by atoms with van der Waals surface area (Å²) >= 11 is 1.12. The van der Waals surface area contributed by atoms with Crippen molar-refractivity contribution >= 4 is 50.0 Å². The predicted molar refractivity (Wildman–Crippen MR) is 123 cm³/mol. The molecule has 12 heteroatoms. The van der Waals surface area contributed by atoms with E-state index in [2.05, 4.69) is 10.6 Å². The first-order chi connectivity index (χ1) is 15.6. The Morgan fingerprint density at radius 2 is 1.91 bits per heavy atom. The van der Waals surface area contributed by atoms with Gasteiger partial charge in [-0.05, 0) is 18.9 Å². The molecule has 3 rings (SSSR count). The first kappa shape index (κ1) is 24.4. The van der Waals surface area contributed by atoms with Crippen molar-refractivity contribution in [2.24, 2.45) is 0 Å². The number of nitrogens with zero attached hydrogens (tertiary/aromatic N) is 1. The number of esters is 1. The van der Waals surface area contributed by atoms with Gasteiger partial charge < -0.3 is 15.4 Å².